The fourth-order valence-electron chi connectivity index (χ4n) is 1.55. The van der Waals surface area contributed by atoms with Crippen molar-refractivity contribution < 1.29 is 17.9 Å². The van der Waals surface area contributed by atoms with Gasteiger partial charge in [0.2, 0.25) is 5.88 Å². The van der Waals surface area contributed by atoms with E-state index < -0.39 is 11.7 Å². The van der Waals surface area contributed by atoms with Crippen LogP contribution in [0.4, 0.5) is 30.4 Å². The van der Waals surface area contributed by atoms with E-state index in [0.717, 1.165) is 12.1 Å². The largest absolute Gasteiger partial charge is 0.479 e. The number of rotatable bonds is 3. The summed E-state index contributed by atoms with van der Waals surface area (Å²) in [5.74, 6) is 0.325. The van der Waals surface area contributed by atoms with Gasteiger partial charge in [0, 0.05) is 5.69 Å². The first kappa shape index (κ1) is 13.9. The number of nitrogens with one attached hydrogen (secondary N) is 1. The molecule has 0 saturated heterocycles. The highest BCUT2D eigenvalue weighted by molar-refractivity contribution is 5.72. The number of aromatic nitrogens is 2. The third-order valence-corrected chi connectivity index (χ3v) is 2.49. The predicted octanol–water partition coefficient (Wildman–Crippen LogP) is 2.83. The normalized spacial score (nSPS) is 11.2. The summed E-state index contributed by atoms with van der Waals surface area (Å²) in [5, 5.41) is 2.70. The van der Waals surface area contributed by atoms with Crippen molar-refractivity contribution in [3.8, 4) is 5.88 Å². The van der Waals surface area contributed by atoms with Gasteiger partial charge in [-0.15, -0.1) is 0 Å². The molecule has 0 bridgehead atoms. The zero-order chi connectivity index (χ0) is 14.8. The van der Waals surface area contributed by atoms with Crippen LogP contribution in [0.15, 0.2) is 30.6 Å². The molecule has 0 aliphatic carbocycles. The van der Waals surface area contributed by atoms with Crippen molar-refractivity contribution in [3.63, 3.8) is 0 Å². The lowest BCUT2D eigenvalue weighted by Gasteiger charge is -2.12. The summed E-state index contributed by atoms with van der Waals surface area (Å²) < 4.78 is 42.7. The average Bonchev–Trinajstić information content (AvgIpc) is 2.40. The van der Waals surface area contributed by atoms with Crippen molar-refractivity contribution >= 4 is 17.2 Å². The van der Waals surface area contributed by atoms with Gasteiger partial charge in [-0.1, -0.05) is 6.07 Å². The second kappa shape index (κ2) is 5.24. The van der Waals surface area contributed by atoms with Gasteiger partial charge in [-0.05, 0) is 18.2 Å². The Morgan fingerprint density at radius 3 is 2.65 bits per heavy atom. The van der Waals surface area contributed by atoms with Crippen LogP contribution in [-0.4, -0.2) is 17.1 Å². The maximum absolute atomic E-state index is 12.6. The van der Waals surface area contributed by atoms with E-state index in [4.69, 9.17) is 10.5 Å². The van der Waals surface area contributed by atoms with E-state index in [2.05, 4.69) is 15.3 Å². The molecule has 8 heteroatoms. The van der Waals surface area contributed by atoms with Crippen LogP contribution in [0.25, 0.3) is 0 Å². The van der Waals surface area contributed by atoms with E-state index in [9.17, 15) is 13.2 Å². The number of hydrogen-bond acceptors (Lipinski definition) is 5. The summed E-state index contributed by atoms with van der Waals surface area (Å²) in [4.78, 5) is 7.64. The van der Waals surface area contributed by atoms with Gasteiger partial charge in [0.05, 0.1) is 12.7 Å². The highest BCUT2D eigenvalue weighted by atomic mass is 19.4. The first-order valence-corrected chi connectivity index (χ1v) is 5.50. The number of methoxy groups -OCH3 is 1. The van der Waals surface area contributed by atoms with Gasteiger partial charge in [-0.2, -0.15) is 18.2 Å². The molecule has 1 heterocycles. The third-order valence-electron chi connectivity index (χ3n) is 2.49. The maximum atomic E-state index is 12.6. The van der Waals surface area contributed by atoms with Gasteiger partial charge < -0.3 is 15.8 Å². The molecule has 0 spiro atoms. The standard InChI is InChI=1S/C12H11F3N4O/c1-20-11-9(16)10(17-6-18-11)19-8-4-2-3-7(5-8)12(13,14)15/h2-6H,16H2,1H3,(H,17,18,19). The number of hydrogen-bond donors (Lipinski definition) is 2. The lowest BCUT2D eigenvalue weighted by molar-refractivity contribution is -0.137. The lowest BCUT2D eigenvalue weighted by atomic mass is 10.2. The van der Waals surface area contributed by atoms with Crippen molar-refractivity contribution in [1.29, 1.82) is 0 Å². The van der Waals surface area contributed by atoms with Gasteiger partial charge >= 0.3 is 6.18 Å². The summed E-state index contributed by atoms with van der Waals surface area (Å²) in [6.07, 6.45) is -3.21. The molecule has 0 aliphatic heterocycles. The summed E-state index contributed by atoms with van der Waals surface area (Å²) in [7, 11) is 1.38. The fraction of sp³-hybridized carbons (Fsp3) is 0.167. The van der Waals surface area contributed by atoms with Crippen LogP contribution in [-0.2, 0) is 6.18 Å². The Morgan fingerprint density at radius 2 is 2.00 bits per heavy atom. The third kappa shape index (κ3) is 2.90. The number of halogens is 3. The lowest BCUT2D eigenvalue weighted by Crippen LogP contribution is -2.06. The SMILES string of the molecule is COc1ncnc(Nc2cccc(C(F)(F)F)c2)c1N. The van der Waals surface area contributed by atoms with Gasteiger partial charge in [0.15, 0.2) is 5.82 Å². The number of benzene rings is 1. The molecule has 0 amide bonds. The molecule has 3 N–H and O–H groups in total. The molecule has 0 radical (unpaired) electrons. The topological polar surface area (TPSA) is 73.1 Å². The zero-order valence-electron chi connectivity index (χ0n) is 10.4. The van der Waals surface area contributed by atoms with Crippen LogP contribution in [0.3, 0.4) is 0 Å². The highest BCUT2D eigenvalue weighted by Crippen LogP contribution is 2.32. The fourth-order valence-corrected chi connectivity index (χ4v) is 1.55. The maximum Gasteiger partial charge on any atom is 0.416 e. The van der Waals surface area contributed by atoms with E-state index in [1.54, 1.807) is 0 Å². The molecule has 20 heavy (non-hydrogen) atoms. The Bertz CT molecular complexity index is 616. The molecule has 2 aromatic rings. The number of nitrogens with zero attached hydrogens (tertiary/aromatic N) is 2. The Labute approximate surface area is 112 Å². The minimum absolute atomic E-state index is 0.118. The van der Waals surface area contributed by atoms with Crippen molar-refractivity contribution in [1.82, 2.24) is 9.97 Å². The molecule has 2 rings (SSSR count). The molecule has 106 valence electrons. The highest BCUT2D eigenvalue weighted by Gasteiger charge is 2.30. The Hall–Kier alpha value is -2.51. The van der Waals surface area contributed by atoms with Gasteiger partial charge in [0.25, 0.3) is 0 Å². The molecule has 0 aliphatic rings. The average molecular weight is 284 g/mol. The van der Waals surface area contributed by atoms with Crippen molar-refractivity contribution in [2.24, 2.45) is 0 Å². The quantitative estimate of drug-likeness (QED) is 0.906. The van der Waals surface area contributed by atoms with Crippen LogP contribution in [0.1, 0.15) is 5.56 Å². The first-order valence-electron chi connectivity index (χ1n) is 5.50. The van der Waals surface area contributed by atoms with E-state index in [1.165, 1.54) is 25.6 Å². The number of nitrogen functional groups attached to an aromatic ring is 1. The van der Waals surface area contributed by atoms with Crippen LogP contribution in [0.5, 0.6) is 5.88 Å². The number of nitrogens with two attached hydrogens (primary N) is 1. The van der Waals surface area contributed by atoms with Gasteiger partial charge in [-0.3, -0.25) is 0 Å². The van der Waals surface area contributed by atoms with Gasteiger partial charge in [0.1, 0.15) is 12.0 Å². The van der Waals surface area contributed by atoms with Crippen LogP contribution in [0, 0.1) is 0 Å². The van der Waals surface area contributed by atoms with E-state index >= 15 is 0 Å². The Balaban J connectivity index is 2.31. The van der Waals surface area contributed by atoms with E-state index in [1.807, 2.05) is 0 Å². The monoisotopic (exact) mass is 284 g/mol. The molecule has 1 aromatic heterocycles. The molecule has 0 unspecified atom stereocenters. The Morgan fingerprint density at radius 1 is 1.25 bits per heavy atom. The van der Waals surface area contributed by atoms with Gasteiger partial charge in [-0.25, -0.2) is 4.98 Å². The van der Waals surface area contributed by atoms with Crippen molar-refractivity contribution in [3.05, 3.63) is 36.2 Å². The second-order valence-corrected chi connectivity index (χ2v) is 3.85. The van der Waals surface area contributed by atoms with Crippen LogP contribution < -0.4 is 15.8 Å². The summed E-state index contributed by atoms with van der Waals surface area (Å²) in [6, 6.07) is 4.71. The molecule has 1 aromatic carbocycles. The molecule has 5 nitrogen and oxygen atoms in total. The van der Waals surface area contributed by atoms with E-state index in [0.29, 0.717) is 0 Å². The summed E-state index contributed by atoms with van der Waals surface area (Å²) >= 11 is 0. The molecule has 0 atom stereocenters. The zero-order valence-corrected chi connectivity index (χ0v) is 10.4. The number of anilines is 3. The molecular weight excluding hydrogens is 273 g/mol. The first-order chi connectivity index (χ1) is 9.41. The number of alkyl halides is 3. The predicted molar refractivity (Wildman–Crippen MR) is 67.7 cm³/mol. The van der Waals surface area contributed by atoms with Crippen LogP contribution in [0.2, 0.25) is 0 Å². The second-order valence-electron chi connectivity index (χ2n) is 3.85. The van der Waals surface area contributed by atoms with Crippen LogP contribution >= 0.6 is 0 Å². The van der Waals surface area contributed by atoms with Crippen molar-refractivity contribution in [2.45, 2.75) is 6.18 Å². The minimum Gasteiger partial charge on any atom is -0.479 e. The molecular formula is C12H11F3N4O. The Kier molecular flexibility index (Phi) is 3.64. The number of ether oxygens (including phenoxy) is 1. The summed E-state index contributed by atoms with van der Waals surface area (Å²) in [5.41, 5.74) is 5.30. The smallest absolute Gasteiger partial charge is 0.416 e. The van der Waals surface area contributed by atoms with E-state index in [-0.39, 0.29) is 23.1 Å². The molecule has 0 fully saturated rings. The summed E-state index contributed by atoms with van der Waals surface area (Å²) in [6.45, 7) is 0. The van der Waals surface area contributed by atoms with Crippen molar-refractivity contribution in [2.75, 3.05) is 18.2 Å². The minimum atomic E-state index is -4.41. The molecule has 0 saturated carbocycles.